The van der Waals surface area contributed by atoms with Crippen molar-refractivity contribution in [3.8, 4) is 5.75 Å². The maximum Gasteiger partial charge on any atom is 0.119 e. The molecular weight excluding hydrogens is 300 g/mol. The van der Waals surface area contributed by atoms with Crippen molar-refractivity contribution in [3.05, 3.63) is 29.8 Å². The standard InChI is InChI=1S/C14H20BrClO/c1-2-3-4-5-6-11-17-13-9-7-12(8-10-13)14(15)16/h7-10,14H,2-6,11H2,1H3. The number of benzene rings is 1. The summed E-state index contributed by atoms with van der Waals surface area (Å²) in [6.07, 6.45) is 6.33. The molecule has 0 aliphatic carbocycles. The molecule has 1 nitrogen and oxygen atoms in total. The van der Waals surface area contributed by atoms with Crippen LogP contribution in [0.15, 0.2) is 24.3 Å². The number of hydrogen-bond acceptors (Lipinski definition) is 1. The van der Waals surface area contributed by atoms with Gasteiger partial charge in [-0.1, -0.05) is 60.7 Å². The molecule has 0 aliphatic rings. The van der Waals surface area contributed by atoms with Crippen LogP contribution in [0, 0.1) is 0 Å². The van der Waals surface area contributed by atoms with E-state index in [0.717, 1.165) is 24.3 Å². The zero-order valence-electron chi connectivity index (χ0n) is 10.3. The average Bonchev–Trinajstić information content (AvgIpc) is 2.34. The highest BCUT2D eigenvalue weighted by atomic mass is 79.9. The van der Waals surface area contributed by atoms with Gasteiger partial charge in [-0.2, -0.15) is 0 Å². The predicted octanol–water partition coefficient (Wildman–Crippen LogP) is 5.67. The Morgan fingerprint density at radius 1 is 1.12 bits per heavy atom. The minimum Gasteiger partial charge on any atom is -0.494 e. The second-order valence-electron chi connectivity index (χ2n) is 4.13. The number of ether oxygens (including phenoxy) is 1. The summed E-state index contributed by atoms with van der Waals surface area (Å²) in [4.78, 5) is 0. The van der Waals surface area contributed by atoms with Crippen molar-refractivity contribution in [2.45, 2.75) is 43.3 Å². The molecule has 0 aliphatic heterocycles. The molecule has 17 heavy (non-hydrogen) atoms. The molecule has 0 saturated carbocycles. The predicted molar refractivity (Wildman–Crippen MR) is 78.2 cm³/mol. The van der Waals surface area contributed by atoms with E-state index in [-0.39, 0.29) is 4.29 Å². The first-order valence-corrected chi connectivity index (χ1v) is 7.60. The Morgan fingerprint density at radius 2 is 1.76 bits per heavy atom. The van der Waals surface area contributed by atoms with Gasteiger partial charge in [0.1, 0.15) is 10.0 Å². The van der Waals surface area contributed by atoms with Crippen LogP contribution in [0.2, 0.25) is 0 Å². The van der Waals surface area contributed by atoms with E-state index in [1.165, 1.54) is 25.7 Å². The minimum atomic E-state index is -0.120. The molecule has 0 fully saturated rings. The summed E-state index contributed by atoms with van der Waals surface area (Å²) in [5.41, 5.74) is 1.06. The lowest BCUT2D eigenvalue weighted by molar-refractivity contribution is 0.304. The van der Waals surface area contributed by atoms with E-state index in [4.69, 9.17) is 16.3 Å². The molecule has 1 aromatic carbocycles. The third kappa shape index (κ3) is 6.32. The van der Waals surface area contributed by atoms with Crippen molar-refractivity contribution in [3.63, 3.8) is 0 Å². The molecule has 1 atom stereocenters. The van der Waals surface area contributed by atoms with Crippen LogP contribution in [-0.4, -0.2) is 6.61 Å². The largest absolute Gasteiger partial charge is 0.494 e. The van der Waals surface area contributed by atoms with Gasteiger partial charge in [-0.15, -0.1) is 11.6 Å². The lowest BCUT2D eigenvalue weighted by atomic mass is 10.2. The lowest BCUT2D eigenvalue weighted by Crippen LogP contribution is -1.97. The molecule has 1 rings (SSSR count). The summed E-state index contributed by atoms with van der Waals surface area (Å²) in [5, 5.41) is 0. The molecule has 0 amide bonds. The van der Waals surface area contributed by atoms with Crippen LogP contribution in [-0.2, 0) is 0 Å². The Morgan fingerprint density at radius 3 is 2.35 bits per heavy atom. The molecule has 0 heterocycles. The number of hydrogen-bond donors (Lipinski definition) is 0. The topological polar surface area (TPSA) is 9.23 Å². The Bertz CT molecular complexity index is 298. The third-order valence-corrected chi connectivity index (χ3v) is 3.43. The summed E-state index contributed by atoms with van der Waals surface area (Å²) >= 11 is 9.23. The van der Waals surface area contributed by atoms with Gasteiger partial charge in [0.25, 0.3) is 0 Å². The highest BCUT2D eigenvalue weighted by molar-refractivity contribution is 9.09. The van der Waals surface area contributed by atoms with Gasteiger partial charge in [-0.3, -0.25) is 0 Å². The number of unbranched alkanes of at least 4 members (excludes halogenated alkanes) is 4. The fourth-order valence-electron chi connectivity index (χ4n) is 1.61. The Labute approximate surface area is 118 Å². The van der Waals surface area contributed by atoms with Crippen molar-refractivity contribution in [1.82, 2.24) is 0 Å². The van der Waals surface area contributed by atoms with Gasteiger partial charge in [-0.05, 0) is 24.1 Å². The molecular formula is C14H20BrClO. The second-order valence-corrected chi connectivity index (χ2v) is 6.01. The van der Waals surface area contributed by atoms with Crippen LogP contribution in [0.5, 0.6) is 5.75 Å². The van der Waals surface area contributed by atoms with Crippen molar-refractivity contribution in [2.24, 2.45) is 0 Å². The van der Waals surface area contributed by atoms with Crippen molar-refractivity contribution in [1.29, 1.82) is 0 Å². The lowest BCUT2D eigenvalue weighted by Gasteiger charge is -2.07. The maximum atomic E-state index is 5.91. The SMILES string of the molecule is CCCCCCCOc1ccc(C(Cl)Br)cc1. The monoisotopic (exact) mass is 318 g/mol. The molecule has 0 N–H and O–H groups in total. The Balaban J connectivity index is 2.19. The van der Waals surface area contributed by atoms with Gasteiger partial charge >= 0.3 is 0 Å². The van der Waals surface area contributed by atoms with Crippen molar-refractivity contribution < 1.29 is 4.74 Å². The van der Waals surface area contributed by atoms with Gasteiger partial charge in [-0.25, -0.2) is 0 Å². The highest BCUT2D eigenvalue weighted by Crippen LogP contribution is 2.28. The van der Waals surface area contributed by atoms with Gasteiger partial charge in [0.2, 0.25) is 0 Å². The van der Waals surface area contributed by atoms with Crippen molar-refractivity contribution >= 4 is 27.5 Å². The molecule has 0 aromatic heterocycles. The summed E-state index contributed by atoms with van der Waals surface area (Å²) in [7, 11) is 0. The number of alkyl halides is 2. The maximum absolute atomic E-state index is 5.91. The van der Waals surface area contributed by atoms with E-state index in [1.807, 2.05) is 24.3 Å². The van der Waals surface area contributed by atoms with Crippen LogP contribution in [0.3, 0.4) is 0 Å². The molecule has 96 valence electrons. The molecule has 3 heteroatoms. The van der Waals surface area contributed by atoms with E-state index < -0.39 is 0 Å². The summed E-state index contributed by atoms with van der Waals surface area (Å²) < 4.78 is 5.54. The van der Waals surface area contributed by atoms with Gasteiger partial charge in [0.15, 0.2) is 0 Å². The van der Waals surface area contributed by atoms with E-state index in [0.29, 0.717) is 0 Å². The summed E-state index contributed by atoms with van der Waals surface area (Å²) in [6.45, 7) is 3.04. The molecule has 0 saturated heterocycles. The zero-order valence-corrected chi connectivity index (χ0v) is 12.6. The zero-order chi connectivity index (χ0) is 12.5. The van der Waals surface area contributed by atoms with Crippen LogP contribution in [0.1, 0.15) is 48.9 Å². The minimum absolute atomic E-state index is 0.120. The molecule has 1 unspecified atom stereocenters. The molecule has 0 radical (unpaired) electrons. The van der Waals surface area contributed by atoms with Gasteiger partial charge in [0, 0.05) is 0 Å². The number of halogens is 2. The summed E-state index contributed by atoms with van der Waals surface area (Å²) in [5.74, 6) is 0.925. The first-order valence-electron chi connectivity index (χ1n) is 6.25. The van der Waals surface area contributed by atoms with E-state index in [9.17, 15) is 0 Å². The number of rotatable bonds is 8. The van der Waals surface area contributed by atoms with Crippen LogP contribution >= 0.6 is 27.5 Å². The van der Waals surface area contributed by atoms with E-state index >= 15 is 0 Å². The van der Waals surface area contributed by atoms with E-state index in [1.54, 1.807) is 0 Å². The Kier molecular flexibility index (Phi) is 7.70. The van der Waals surface area contributed by atoms with Crippen molar-refractivity contribution in [2.75, 3.05) is 6.61 Å². The fourth-order valence-corrected chi connectivity index (χ4v) is 2.06. The first-order chi connectivity index (χ1) is 8.24. The normalized spacial score (nSPS) is 12.4. The van der Waals surface area contributed by atoms with Crippen LogP contribution in [0.25, 0.3) is 0 Å². The molecule has 1 aromatic rings. The fraction of sp³-hybridized carbons (Fsp3) is 0.571. The average molecular weight is 320 g/mol. The van der Waals surface area contributed by atoms with Gasteiger partial charge in [0.05, 0.1) is 6.61 Å². The van der Waals surface area contributed by atoms with Gasteiger partial charge < -0.3 is 4.74 Å². The first kappa shape index (κ1) is 14.8. The third-order valence-electron chi connectivity index (χ3n) is 2.65. The van der Waals surface area contributed by atoms with E-state index in [2.05, 4.69) is 22.9 Å². The van der Waals surface area contributed by atoms with Crippen LogP contribution in [0.4, 0.5) is 0 Å². The highest BCUT2D eigenvalue weighted by Gasteiger charge is 2.02. The Hall–Kier alpha value is -0.210. The quantitative estimate of drug-likeness (QED) is 0.443. The smallest absolute Gasteiger partial charge is 0.119 e. The summed E-state index contributed by atoms with van der Waals surface area (Å²) in [6, 6.07) is 7.91. The molecule has 0 spiro atoms. The van der Waals surface area contributed by atoms with Crippen LogP contribution < -0.4 is 4.74 Å². The molecule has 0 bridgehead atoms. The second kappa shape index (κ2) is 8.82.